The van der Waals surface area contributed by atoms with Crippen molar-refractivity contribution in [2.45, 2.75) is 19.4 Å². The molecule has 0 bridgehead atoms. The number of aryl methyl sites for hydroxylation is 1. The zero-order valence-corrected chi connectivity index (χ0v) is 15.2. The van der Waals surface area contributed by atoms with E-state index in [1.54, 1.807) is 12.4 Å². The minimum atomic E-state index is 0.0185. The highest BCUT2D eigenvalue weighted by molar-refractivity contribution is 6.02. The van der Waals surface area contributed by atoms with E-state index in [-0.39, 0.29) is 6.61 Å². The molecule has 0 saturated carbocycles. The van der Waals surface area contributed by atoms with Crippen molar-refractivity contribution in [3.8, 4) is 11.3 Å². The molecule has 0 spiro atoms. The number of aromatic nitrogens is 3. The summed E-state index contributed by atoms with van der Waals surface area (Å²) in [5.74, 6) is 0.863. The lowest BCUT2D eigenvalue weighted by molar-refractivity contribution is 0.282. The van der Waals surface area contributed by atoms with Gasteiger partial charge in [0.15, 0.2) is 5.65 Å². The third-order valence-electron chi connectivity index (χ3n) is 5.18. The Morgan fingerprint density at radius 1 is 1.11 bits per heavy atom. The van der Waals surface area contributed by atoms with Crippen molar-refractivity contribution < 1.29 is 5.11 Å². The Labute approximate surface area is 162 Å². The van der Waals surface area contributed by atoms with Gasteiger partial charge in [-0.05, 0) is 41.7 Å². The summed E-state index contributed by atoms with van der Waals surface area (Å²) in [6, 6.07) is 13.9. The number of benzene rings is 2. The van der Waals surface area contributed by atoms with Crippen LogP contribution in [0.2, 0.25) is 0 Å². The maximum atomic E-state index is 9.30. The van der Waals surface area contributed by atoms with Crippen LogP contribution in [0.3, 0.4) is 0 Å². The van der Waals surface area contributed by atoms with Gasteiger partial charge in [0.1, 0.15) is 11.5 Å². The molecule has 6 nitrogen and oxygen atoms in total. The highest BCUT2D eigenvalue weighted by Gasteiger charge is 2.18. The predicted octanol–water partition coefficient (Wildman–Crippen LogP) is 3.95. The molecule has 2 aromatic heterocycles. The summed E-state index contributed by atoms with van der Waals surface area (Å²) in [5, 5.41) is 20.8. The van der Waals surface area contributed by atoms with E-state index in [0.717, 1.165) is 52.4 Å². The molecular formula is C22H19N5O. The molecule has 0 saturated heterocycles. The Bertz CT molecular complexity index is 1190. The van der Waals surface area contributed by atoms with Crippen LogP contribution < -0.4 is 5.32 Å². The molecule has 1 aliphatic carbocycles. The van der Waals surface area contributed by atoms with Gasteiger partial charge >= 0.3 is 0 Å². The number of aliphatic hydroxyl groups is 1. The maximum absolute atomic E-state index is 9.30. The molecule has 3 N–H and O–H groups in total. The molecule has 5 rings (SSSR count). The molecule has 4 aromatic rings. The van der Waals surface area contributed by atoms with E-state index in [1.165, 1.54) is 5.56 Å². The van der Waals surface area contributed by atoms with Crippen LogP contribution in [0.15, 0.2) is 61.1 Å². The summed E-state index contributed by atoms with van der Waals surface area (Å²) in [4.78, 5) is 8.94. The molecule has 2 heterocycles. The lowest BCUT2D eigenvalue weighted by atomic mass is 10.1. The molecular weight excluding hydrogens is 350 g/mol. The summed E-state index contributed by atoms with van der Waals surface area (Å²) in [6.45, 7) is 0.0185. The molecule has 0 fully saturated rings. The lowest BCUT2D eigenvalue weighted by Crippen LogP contribution is -1.99. The maximum Gasteiger partial charge on any atom is 0.157 e. The summed E-state index contributed by atoms with van der Waals surface area (Å²) in [7, 11) is 0. The first-order chi connectivity index (χ1) is 13.7. The second kappa shape index (κ2) is 6.58. The third kappa shape index (κ3) is 2.75. The fourth-order valence-electron chi connectivity index (χ4n) is 3.70. The zero-order chi connectivity index (χ0) is 19.1. The summed E-state index contributed by atoms with van der Waals surface area (Å²) >= 11 is 0. The number of aliphatic hydroxyl groups excluding tert-OH is 1. The molecule has 28 heavy (non-hydrogen) atoms. The number of fused-ring (bicyclic) bond motifs is 2. The van der Waals surface area contributed by atoms with Crippen LogP contribution in [0.1, 0.15) is 23.1 Å². The standard InChI is InChI=1S/C22H19N5O/c23-19-8-5-16-11-17(6-7-18(16)19)25-22-21(15-3-1-14(13-28)2-4-15)26-20-12-24-9-10-27(20)22/h1-4,6-7,9-12,23,25,28H,5,8,13H2. The van der Waals surface area contributed by atoms with Gasteiger partial charge < -0.3 is 15.8 Å². The molecule has 138 valence electrons. The predicted molar refractivity (Wildman–Crippen MR) is 109 cm³/mol. The van der Waals surface area contributed by atoms with Crippen LogP contribution in [-0.2, 0) is 13.0 Å². The fourth-order valence-corrected chi connectivity index (χ4v) is 3.70. The largest absolute Gasteiger partial charge is 0.392 e. The van der Waals surface area contributed by atoms with Gasteiger partial charge in [-0.1, -0.05) is 30.3 Å². The van der Waals surface area contributed by atoms with E-state index >= 15 is 0 Å². The van der Waals surface area contributed by atoms with Crippen molar-refractivity contribution >= 4 is 22.9 Å². The van der Waals surface area contributed by atoms with E-state index in [2.05, 4.69) is 16.4 Å². The molecule has 0 unspecified atom stereocenters. The number of anilines is 2. The molecule has 6 heteroatoms. The van der Waals surface area contributed by atoms with Gasteiger partial charge in [-0.15, -0.1) is 0 Å². The molecule has 0 amide bonds. The molecule has 0 radical (unpaired) electrons. The average Bonchev–Trinajstić information content (AvgIpc) is 3.29. The van der Waals surface area contributed by atoms with Crippen LogP contribution in [0.5, 0.6) is 0 Å². The van der Waals surface area contributed by atoms with Crippen LogP contribution >= 0.6 is 0 Å². The monoisotopic (exact) mass is 369 g/mol. The van der Waals surface area contributed by atoms with Gasteiger partial charge in [-0.3, -0.25) is 9.38 Å². The first kappa shape index (κ1) is 16.6. The highest BCUT2D eigenvalue weighted by Crippen LogP contribution is 2.32. The Hall–Kier alpha value is -3.51. The summed E-state index contributed by atoms with van der Waals surface area (Å²) in [6.07, 6.45) is 7.08. The molecule has 0 atom stereocenters. The van der Waals surface area contributed by atoms with E-state index in [9.17, 15) is 5.11 Å². The van der Waals surface area contributed by atoms with E-state index in [1.807, 2.05) is 47.0 Å². The normalized spacial score (nSPS) is 13.1. The second-order valence-corrected chi connectivity index (χ2v) is 6.94. The average molecular weight is 369 g/mol. The van der Waals surface area contributed by atoms with E-state index in [0.29, 0.717) is 5.71 Å². The smallest absolute Gasteiger partial charge is 0.157 e. The van der Waals surface area contributed by atoms with Crippen molar-refractivity contribution in [3.63, 3.8) is 0 Å². The number of hydrogen-bond acceptors (Lipinski definition) is 5. The number of nitrogens with zero attached hydrogens (tertiary/aromatic N) is 3. The number of hydrogen-bond donors (Lipinski definition) is 3. The number of rotatable bonds is 4. The molecule has 0 aliphatic heterocycles. The number of imidazole rings is 1. The van der Waals surface area contributed by atoms with Gasteiger partial charge in [0, 0.05) is 29.4 Å². The first-order valence-electron chi connectivity index (χ1n) is 9.23. The number of nitrogens with one attached hydrogen (secondary N) is 2. The van der Waals surface area contributed by atoms with E-state index < -0.39 is 0 Å². The van der Waals surface area contributed by atoms with Gasteiger partial charge in [0.25, 0.3) is 0 Å². The highest BCUT2D eigenvalue weighted by atomic mass is 16.3. The summed E-state index contributed by atoms with van der Waals surface area (Å²) < 4.78 is 1.98. The van der Waals surface area contributed by atoms with Crippen LogP contribution in [0.25, 0.3) is 16.9 Å². The summed E-state index contributed by atoms with van der Waals surface area (Å²) in [5.41, 5.74) is 7.36. The van der Waals surface area contributed by atoms with Crippen molar-refractivity contribution in [3.05, 3.63) is 77.7 Å². The van der Waals surface area contributed by atoms with Crippen molar-refractivity contribution in [2.75, 3.05) is 5.32 Å². The third-order valence-corrected chi connectivity index (χ3v) is 5.18. The Morgan fingerprint density at radius 2 is 1.96 bits per heavy atom. The van der Waals surface area contributed by atoms with E-state index in [4.69, 9.17) is 10.4 Å². The van der Waals surface area contributed by atoms with Gasteiger partial charge in [-0.2, -0.15) is 0 Å². The topological polar surface area (TPSA) is 86.3 Å². The van der Waals surface area contributed by atoms with Gasteiger partial charge in [0.05, 0.1) is 12.8 Å². The SMILES string of the molecule is N=C1CCc2cc(Nc3c(-c4ccc(CO)cc4)nc4cnccn34)ccc21. The van der Waals surface area contributed by atoms with Crippen LogP contribution in [-0.4, -0.2) is 25.2 Å². The first-order valence-corrected chi connectivity index (χ1v) is 9.23. The molecule has 1 aliphatic rings. The quantitative estimate of drug-likeness (QED) is 0.508. The van der Waals surface area contributed by atoms with Gasteiger partial charge in [-0.25, -0.2) is 4.98 Å². The van der Waals surface area contributed by atoms with Crippen LogP contribution in [0.4, 0.5) is 11.5 Å². The fraction of sp³-hybridized carbons (Fsp3) is 0.136. The van der Waals surface area contributed by atoms with Crippen molar-refractivity contribution in [2.24, 2.45) is 0 Å². The Balaban J connectivity index is 1.60. The minimum Gasteiger partial charge on any atom is -0.392 e. The zero-order valence-electron chi connectivity index (χ0n) is 15.2. The minimum absolute atomic E-state index is 0.0185. The Morgan fingerprint density at radius 3 is 2.79 bits per heavy atom. The molecule has 2 aromatic carbocycles. The van der Waals surface area contributed by atoms with Crippen LogP contribution in [0, 0.1) is 5.41 Å². The lowest BCUT2D eigenvalue weighted by Gasteiger charge is -2.11. The van der Waals surface area contributed by atoms with Crippen molar-refractivity contribution in [1.82, 2.24) is 14.4 Å². The Kier molecular flexibility index (Phi) is 3.91. The van der Waals surface area contributed by atoms with Crippen molar-refractivity contribution in [1.29, 1.82) is 5.41 Å². The second-order valence-electron chi connectivity index (χ2n) is 6.94. The van der Waals surface area contributed by atoms with Gasteiger partial charge in [0.2, 0.25) is 0 Å².